The Morgan fingerprint density at radius 1 is 1.06 bits per heavy atom. The van der Waals surface area contributed by atoms with Crippen LogP contribution in [0.25, 0.3) is 22.3 Å². The lowest BCUT2D eigenvalue weighted by Gasteiger charge is -2.48. The quantitative estimate of drug-likeness (QED) is 0.200. The first kappa shape index (κ1) is 35.6. The number of fused-ring (bicyclic) bond motifs is 3. The van der Waals surface area contributed by atoms with Gasteiger partial charge in [0.25, 0.3) is 0 Å². The molecule has 53 heavy (non-hydrogen) atoms. The molecule has 2 saturated heterocycles. The van der Waals surface area contributed by atoms with Crippen molar-refractivity contribution in [1.82, 2.24) is 29.3 Å². The van der Waals surface area contributed by atoms with Crippen LogP contribution in [-0.2, 0) is 19.7 Å². The fourth-order valence-corrected chi connectivity index (χ4v) is 9.18. The first-order valence-electron chi connectivity index (χ1n) is 19.3. The Hall–Kier alpha value is -4.42. The van der Waals surface area contributed by atoms with Crippen molar-refractivity contribution in [3.05, 3.63) is 60.4 Å². The van der Waals surface area contributed by atoms with Gasteiger partial charge in [0, 0.05) is 55.8 Å². The van der Waals surface area contributed by atoms with Crippen LogP contribution in [0.2, 0.25) is 0 Å². The summed E-state index contributed by atoms with van der Waals surface area (Å²) in [6, 6.07) is 10.6. The average Bonchev–Trinajstić information content (AvgIpc) is 3.67. The summed E-state index contributed by atoms with van der Waals surface area (Å²) in [5.41, 5.74) is 4.00. The van der Waals surface area contributed by atoms with E-state index in [0.29, 0.717) is 50.1 Å². The third kappa shape index (κ3) is 6.17. The van der Waals surface area contributed by atoms with Gasteiger partial charge in [0.15, 0.2) is 11.6 Å². The van der Waals surface area contributed by atoms with Gasteiger partial charge in [-0.1, -0.05) is 18.6 Å². The predicted octanol–water partition coefficient (Wildman–Crippen LogP) is 6.85. The van der Waals surface area contributed by atoms with Crippen LogP contribution in [0.15, 0.2) is 49.1 Å². The number of carbonyl (C=O) groups excluding carboxylic acids is 2. The van der Waals surface area contributed by atoms with Crippen molar-refractivity contribution >= 4 is 40.0 Å². The summed E-state index contributed by atoms with van der Waals surface area (Å²) in [5, 5.41) is 3.23. The van der Waals surface area contributed by atoms with Gasteiger partial charge < -0.3 is 29.3 Å². The van der Waals surface area contributed by atoms with E-state index >= 15 is 0 Å². The van der Waals surface area contributed by atoms with Crippen LogP contribution in [0.1, 0.15) is 84.2 Å². The number of hydrogen-bond donors (Lipinski definition) is 1. The molecule has 280 valence electrons. The number of nitrogens with one attached hydrogen (secondary N) is 1. The summed E-state index contributed by atoms with van der Waals surface area (Å²) in [5.74, 6) is 0.242. The lowest BCUT2D eigenvalue weighted by atomic mass is 9.73. The van der Waals surface area contributed by atoms with Crippen molar-refractivity contribution in [1.29, 1.82) is 0 Å². The topological polar surface area (TPSA) is 109 Å². The molecule has 8 rings (SSSR count). The minimum atomic E-state index is -0.689. The van der Waals surface area contributed by atoms with Gasteiger partial charge >= 0.3 is 0 Å². The molecule has 6 heterocycles. The maximum Gasteiger partial charge on any atom is 0.238 e. The summed E-state index contributed by atoms with van der Waals surface area (Å²) in [7, 11) is 1.62. The number of nitrogens with zero attached hydrogens (tertiary/aromatic N) is 7. The molecular formula is C41H51FN8O3. The van der Waals surface area contributed by atoms with Crippen LogP contribution in [0, 0.1) is 11.2 Å². The molecule has 3 fully saturated rings. The SMILES string of the molecule is COCC(C)(C)C(=O)N1CCC2(CC1)C(=O)N(C1CC(N3CCCCC3)C1)c1cc(-c3cc4ncn(C(C)C)c4c(Nc4ccncc4F)n3)ccc12. The maximum atomic E-state index is 14.9. The smallest absolute Gasteiger partial charge is 0.238 e. The molecule has 0 unspecified atom stereocenters. The highest BCUT2D eigenvalue weighted by Crippen LogP contribution is 2.52. The van der Waals surface area contributed by atoms with Crippen LogP contribution >= 0.6 is 0 Å². The van der Waals surface area contributed by atoms with Gasteiger partial charge in [-0.25, -0.2) is 14.4 Å². The Morgan fingerprint density at radius 3 is 2.51 bits per heavy atom. The highest BCUT2D eigenvalue weighted by molar-refractivity contribution is 6.09. The van der Waals surface area contributed by atoms with Gasteiger partial charge in [-0.05, 0) is 103 Å². The number of rotatable bonds is 9. The number of amides is 2. The van der Waals surface area contributed by atoms with Gasteiger partial charge in [0.2, 0.25) is 11.8 Å². The lowest BCUT2D eigenvalue weighted by molar-refractivity contribution is -0.146. The number of aromatic nitrogens is 4. The molecule has 3 aliphatic heterocycles. The van der Waals surface area contributed by atoms with Crippen molar-refractivity contribution in [2.75, 3.05) is 50.1 Å². The van der Waals surface area contributed by atoms with Gasteiger partial charge in [-0.15, -0.1) is 0 Å². The molecule has 11 nitrogen and oxygen atoms in total. The Bertz CT molecular complexity index is 2020. The van der Waals surface area contributed by atoms with Crippen molar-refractivity contribution in [3.63, 3.8) is 0 Å². The molecule has 4 aliphatic rings. The number of anilines is 3. The fraction of sp³-hybridized carbons (Fsp3) is 0.537. The molecule has 1 saturated carbocycles. The van der Waals surface area contributed by atoms with Crippen LogP contribution in [0.4, 0.5) is 21.6 Å². The predicted molar refractivity (Wildman–Crippen MR) is 204 cm³/mol. The van der Waals surface area contributed by atoms with Crippen molar-refractivity contribution in [2.24, 2.45) is 5.41 Å². The van der Waals surface area contributed by atoms with Crippen molar-refractivity contribution in [3.8, 4) is 11.3 Å². The number of benzene rings is 1. The first-order valence-corrected chi connectivity index (χ1v) is 19.3. The second-order valence-corrected chi connectivity index (χ2v) is 16.4. The van der Waals surface area contributed by atoms with E-state index in [2.05, 4.69) is 52.1 Å². The molecule has 4 aromatic rings. The van der Waals surface area contributed by atoms with E-state index in [1.54, 1.807) is 25.7 Å². The number of piperidine rings is 2. The second kappa shape index (κ2) is 13.8. The molecule has 12 heteroatoms. The number of imidazole rings is 1. The van der Waals surface area contributed by atoms with Crippen LogP contribution in [0.5, 0.6) is 0 Å². The number of likely N-dealkylation sites (tertiary alicyclic amines) is 2. The van der Waals surface area contributed by atoms with Crippen LogP contribution < -0.4 is 10.2 Å². The standard InChI is InChI=1S/C41H51FN8O3/c1-26(2)49-25-44-34-22-33(46-37(36(34)49)45-32-11-14-43-23-31(32)42)27-9-10-30-35(19-27)50(29-20-28(21-29)47-15-7-6-8-16-47)39(52)41(30)12-17-48(18-13-41)38(51)40(3,4)24-53-5/h9-11,14,19,22-23,25-26,28-29H,6-8,12-13,15-18,20-21,24H2,1-5H3,(H,43,45,46). The zero-order valence-electron chi connectivity index (χ0n) is 31.6. The fourth-order valence-electron chi connectivity index (χ4n) is 9.18. The zero-order chi connectivity index (χ0) is 37.1. The van der Waals surface area contributed by atoms with Gasteiger partial charge in [-0.3, -0.25) is 14.6 Å². The van der Waals surface area contributed by atoms with Gasteiger partial charge in [0.05, 0.1) is 46.9 Å². The molecule has 1 N–H and O–H groups in total. The number of pyridine rings is 2. The first-order chi connectivity index (χ1) is 25.5. The Kier molecular flexibility index (Phi) is 9.25. The van der Waals surface area contributed by atoms with E-state index in [4.69, 9.17) is 14.7 Å². The average molecular weight is 723 g/mol. The Balaban J connectivity index is 1.16. The molecule has 1 spiro atoms. The van der Waals surface area contributed by atoms with E-state index in [9.17, 15) is 14.0 Å². The largest absolute Gasteiger partial charge is 0.384 e. The van der Waals surface area contributed by atoms with Crippen LogP contribution in [-0.4, -0.2) is 93.1 Å². The van der Waals surface area contributed by atoms with E-state index in [1.807, 2.05) is 29.4 Å². The van der Waals surface area contributed by atoms with Gasteiger partial charge in [0.1, 0.15) is 5.52 Å². The van der Waals surface area contributed by atoms with Crippen LogP contribution in [0.3, 0.4) is 0 Å². The minimum Gasteiger partial charge on any atom is -0.384 e. The Morgan fingerprint density at radius 2 is 1.81 bits per heavy atom. The second-order valence-electron chi connectivity index (χ2n) is 16.4. The molecule has 0 bridgehead atoms. The normalized spacial score (nSPS) is 21.8. The van der Waals surface area contributed by atoms with Crippen molar-refractivity contribution in [2.45, 2.75) is 96.2 Å². The zero-order valence-corrected chi connectivity index (χ0v) is 31.6. The number of methoxy groups -OCH3 is 1. The summed E-state index contributed by atoms with van der Waals surface area (Å²) in [4.78, 5) is 48.9. The summed E-state index contributed by atoms with van der Waals surface area (Å²) in [6.45, 7) is 11.7. The molecule has 0 atom stereocenters. The van der Waals surface area contributed by atoms with E-state index in [1.165, 1.54) is 25.5 Å². The van der Waals surface area contributed by atoms with Gasteiger partial charge in [-0.2, -0.15) is 0 Å². The summed E-state index contributed by atoms with van der Waals surface area (Å²) >= 11 is 0. The van der Waals surface area contributed by atoms with Crippen molar-refractivity contribution < 1.29 is 18.7 Å². The molecule has 3 aromatic heterocycles. The third-order valence-electron chi connectivity index (χ3n) is 12.2. The monoisotopic (exact) mass is 722 g/mol. The number of halogens is 1. The minimum absolute atomic E-state index is 0.0628. The summed E-state index contributed by atoms with van der Waals surface area (Å²) in [6.07, 6.45) is 11.4. The van der Waals surface area contributed by atoms with E-state index in [-0.39, 0.29) is 29.6 Å². The lowest BCUT2D eigenvalue weighted by Crippen LogP contribution is -2.58. The molecule has 1 aliphatic carbocycles. The summed E-state index contributed by atoms with van der Waals surface area (Å²) < 4.78 is 22.3. The highest BCUT2D eigenvalue weighted by Gasteiger charge is 2.56. The molecule has 1 aromatic carbocycles. The number of carbonyl (C=O) groups is 2. The maximum absolute atomic E-state index is 14.9. The molecular weight excluding hydrogens is 672 g/mol. The van der Waals surface area contributed by atoms with E-state index < -0.39 is 16.6 Å². The number of ether oxygens (including phenoxy) is 1. The third-order valence-corrected chi connectivity index (χ3v) is 12.2. The molecule has 2 amide bonds. The molecule has 0 radical (unpaired) electrons. The number of hydrogen-bond acceptors (Lipinski definition) is 8. The highest BCUT2D eigenvalue weighted by atomic mass is 19.1. The Labute approximate surface area is 310 Å². The van der Waals surface area contributed by atoms with E-state index in [0.717, 1.165) is 53.8 Å².